The van der Waals surface area contributed by atoms with Crippen molar-refractivity contribution in [2.75, 3.05) is 13.2 Å². The Morgan fingerprint density at radius 3 is 2.74 bits per heavy atom. The van der Waals surface area contributed by atoms with Crippen LogP contribution in [0.3, 0.4) is 0 Å². The third kappa shape index (κ3) is 2.99. The minimum Gasteiger partial charge on any atom is -0.490 e. The first-order valence-corrected chi connectivity index (χ1v) is 9.10. The molecule has 1 fully saturated rings. The van der Waals surface area contributed by atoms with Gasteiger partial charge in [-0.05, 0) is 36.6 Å². The van der Waals surface area contributed by atoms with Crippen molar-refractivity contribution in [1.29, 1.82) is 0 Å². The average molecular weight is 366 g/mol. The van der Waals surface area contributed by atoms with Gasteiger partial charge in [0.1, 0.15) is 0 Å². The molecular formula is C20H18N2O5. The summed E-state index contributed by atoms with van der Waals surface area (Å²) in [6.07, 6.45) is 3.34. The number of carboxylic acid groups (broad SMARTS) is 1. The Labute approximate surface area is 154 Å². The summed E-state index contributed by atoms with van der Waals surface area (Å²) >= 11 is 0. The zero-order valence-corrected chi connectivity index (χ0v) is 14.6. The van der Waals surface area contributed by atoms with Gasteiger partial charge in [0.05, 0.1) is 29.9 Å². The molecule has 7 nitrogen and oxygen atoms in total. The van der Waals surface area contributed by atoms with Gasteiger partial charge in [0.25, 0.3) is 5.71 Å². The molecule has 0 bridgehead atoms. The zero-order chi connectivity index (χ0) is 18.4. The first kappa shape index (κ1) is 16.1. The van der Waals surface area contributed by atoms with Crippen molar-refractivity contribution in [3.63, 3.8) is 0 Å². The minimum absolute atomic E-state index is 0.201. The van der Waals surface area contributed by atoms with E-state index in [1.165, 1.54) is 0 Å². The van der Waals surface area contributed by atoms with E-state index in [0.29, 0.717) is 48.1 Å². The molecule has 0 radical (unpaired) electrons. The van der Waals surface area contributed by atoms with Gasteiger partial charge < -0.3 is 19.1 Å². The lowest BCUT2D eigenvalue weighted by molar-refractivity contribution is 0.0698. The van der Waals surface area contributed by atoms with Crippen molar-refractivity contribution in [3.8, 4) is 11.5 Å². The number of ether oxygens (including phenoxy) is 2. The third-order valence-corrected chi connectivity index (χ3v) is 4.95. The van der Waals surface area contributed by atoms with Crippen LogP contribution in [0, 0.1) is 0 Å². The third-order valence-electron chi connectivity index (χ3n) is 4.95. The fourth-order valence-electron chi connectivity index (χ4n) is 3.42. The Balaban J connectivity index is 1.54. The van der Waals surface area contributed by atoms with Crippen molar-refractivity contribution < 1.29 is 23.9 Å². The number of hydrogen-bond acceptors (Lipinski definition) is 6. The first-order chi connectivity index (χ1) is 13.2. The van der Waals surface area contributed by atoms with Crippen LogP contribution in [-0.2, 0) is 6.42 Å². The van der Waals surface area contributed by atoms with Gasteiger partial charge in [0.15, 0.2) is 11.5 Å². The number of carbonyl (C=O) groups is 1. The van der Waals surface area contributed by atoms with E-state index in [4.69, 9.17) is 14.0 Å². The summed E-state index contributed by atoms with van der Waals surface area (Å²) < 4.78 is 16.8. The smallest absolute Gasteiger partial charge is 0.336 e. The van der Waals surface area contributed by atoms with Crippen molar-refractivity contribution >= 4 is 17.1 Å². The van der Waals surface area contributed by atoms with Crippen molar-refractivity contribution in [3.05, 3.63) is 46.8 Å². The van der Waals surface area contributed by atoms with Gasteiger partial charge in [-0.25, -0.2) is 9.78 Å². The molecular weight excluding hydrogens is 348 g/mol. The highest BCUT2D eigenvalue weighted by atomic mass is 16.5. The summed E-state index contributed by atoms with van der Waals surface area (Å²) in [6, 6.07) is 7.38. The maximum Gasteiger partial charge on any atom is 0.336 e. The standard InChI is InChI=1S/C20H18N2O5/c23-20(24)13-10-14(12-3-4-12)21-19-18(13)15(22-27-19)8-11-2-5-16-17(9-11)26-7-1-6-25-16/h2,5,9-10,12H,1,3-4,6-8H2,(H,23,24). The summed E-state index contributed by atoms with van der Waals surface area (Å²) in [5, 5.41) is 14.3. The molecule has 0 spiro atoms. The number of nitrogens with zero attached hydrogens (tertiary/aromatic N) is 2. The average Bonchev–Trinajstić information content (AvgIpc) is 3.47. The molecule has 2 aliphatic rings. The van der Waals surface area contributed by atoms with Gasteiger partial charge in [-0.2, -0.15) is 0 Å². The molecule has 1 saturated carbocycles. The second-order valence-electron chi connectivity index (χ2n) is 6.99. The van der Waals surface area contributed by atoms with E-state index < -0.39 is 5.97 Å². The minimum atomic E-state index is -0.993. The molecule has 0 amide bonds. The normalized spacial score (nSPS) is 16.3. The number of carboxylic acids is 1. The van der Waals surface area contributed by atoms with Gasteiger partial charge in [-0.15, -0.1) is 0 Å². The monoisotopic (exact) mass is 366 g/mol. The van der Waals surface area contributed by atoms with E-state index in [2.05, 4.69) is 10.1 Å². The van der Waals surface area contributed by atoms with Gasteiger partial charge in [-0.1, -0.05) is 11.2 Å². The highest BCUT2D eigenvalue weighted by molar-refractivity contribution is 6.02. The molecule has 7 heteroatoms. The van der Waals surface area contributed by atoms with Crippen LogP contribution in [0.5, 0.6) is 11.5 Å². The maximum atomic E-state index is 11.8. The predicted molar refractivity (Wildman–Crippen MR) is 95.6 cm³/mol. The molecule has 3 heterocycles. The van der Waals surface area contributed by atoms with E-state index in [0.717, 1.165) is 36.3 Å². The molecule has 0 saturated heterocycles. The maximum absolute atomic E-state index is 11.8. The van der Waals surface area contributed by atoms with Crippen LogP contribution in [0.2, 0.25) is 0 Å². The molecule has 1 aliphatic carbocycles. The molecule has 3 aromatic rings. The van der Waals surface area contributed by atoms with Crippen LogP contribution in [0.15, 0.2) is 28.8 Å². The largest absolute Gasteiger partial charge is 0.490 e. The summed E-state index contributed by atoms with van der Waals surface area (Å²) in [5.74, 6) is 0.767. The summed E-state index contributed by atoms with van der Waals surface area (Å²) in [6.45, 7) is 1.25. The van der Waals surface area contributed by atoms with E-state index in [1.54, 1.807) is 6.07 Å². The number of aromatic carboxylic acids is 1. The predicted octanol–water partition coefficient (Wildman–Crippen LogP) is 3.55. The molecule has 138 valence electrons. The molecule has 1 N–H and O–H groups in total. The summed E-state index contributed by atoms with van der Waals surface area (Å²) in [5.41, 5.74) is 2.77. The van der Waals surface area contributed by atoms with Gasteiger partial charge >= 0.3 is 5.97 Å². The Kier molecular flexibility index (Phi) is 3.74. The lowest BCUT2D eigenvalue weighted by atomic mass is 10.0. The van der Waals surface area contributed by atoms with Gasteiger partial charge in [-0.3, -0.25) is 0 Å². The van der Waals surface area contributed by atoms with E-state index in [-0.39, 0.29) is 5.56 Å². The number of pyridine rings is 1. The lowest BCUT2D eigenvalue weighted by Crippen LogP contribution is -2.02. The number of benzene rings is 1. The lowest BCUT2D eigenvalue weighted by Gasteiger charge is -2.09. The van der Waals surface area contributed by atoms with E-state index in [1.807, 2.05) is 18.2 Å². The van der Waals surface area contributed by atoms with Crippen molar-refractivity contribution in [2.45, 2.75) is 31.6 Å². The van der Waals surface area contributed by atoms with E-state index >= 15 is 0 Å². The van der Waals surface area contributed by atoms with E-state index in [9.17, 15) is 9.90 Å². The molecule has 27 heavy (non-hydrogen) atoms. The SMILES string of the molecule is O=C(O)c1cc(C2CC2)nc2onc(Cc3ccc4c(c3)OCCCO4)c12. The first-order valence-electron chi connectivity index (χ1n) is 9.10. The van der Waals surface area contributed by atoms with Crippen LogP contribution in [-0.4, -0.2) is 34.4 Å². The summed E-state index contributed by atoms with van der Waals surface area (Å²) in [4.78, 5) is 16.3. The highest BCUT2D eigenvalue weighted by Crippen LogP contribution is 2.40. The summed E-state index contributed by atoms with van der Waals surface area (Å²) in [7, 11) is 0. The van der Waals surface area contributed by atoms with Crippen LogP contribution in [0.4, 0.5) is 0 Å². The molecule has 0 atom stereocenters. The Hall–Kier alpha value is -3.09. The van der Waals surface area contributed by atoms with Crippen LogP contribution < -0.4 is 9.47 Å². The van der Waals surface area contributed by atoms with Gasteiger partial charge in [0.2, 0.25) is 0 Å². The molecule has 5 rings (SSSR count). The second-order valence-corrected chi connectivity index (χ2v) is 6.99. The molecule has 0 unspecified atom stereocenters. The molecule has 2 aromatic heterocycles. The second kappa shape index (κ2) is 6.26. The van der Waals surface area contributed by atoms with Crippen molar-refractivity contribution in [2.24, 2.45) is 0 Å². The topological polar surface area (TPSA) is 94.7 Å². The fourth-order valence-corrected chi connectivity index (χ4v) is 3.42. The number of fused-ring (bicyclic) bond motifs is 2. The number of aromatic nitrogens is 2. The Morgan fingerprint density at radius 2 is 1.96 bits per heavy atom. The van der Waals surface area contributed by atoms with Crippen LogP contribution >= 0.6 is 0 Å². The quantitative estimate of drug-likeness (QED) is 0.754. The highest BCUT2D eigenvalue weighted by Gasteiger charge is 2.29. The Bertz CT molecular complexity index is 1040. The number of hydrogen-bond donors (Lipinski definition) is 1. The fraction of sp³-hybridized carbons (Fsp3) is 0.350. The molecule has 1 aromatic carbocycles. The zero-order valence-electron chi connectivity index (χ0n) is 14.6. The molecule has 1 aliphatic heterocycles. The van der Waals surface area contributed by atoms with Crippen LogP contribution in [0.25, 0.3) is 11.1 Å². The van der Waals surface area contributed by atoms with Crippen LogP contribution in [0.1, 0.15) is 52.5 Å². The number of rotatable bonds is 4. The van der Waals surface area contributed by atoms with Gasteiger partial charge in [0, 0.05) is 24.5 Å². The Morgan fingerprint density at radius 1 is 1.15 bits per heavy atom. The van der Waals surface area contributed by atoms with Crippen molar-refractivity contribution in [1.82, 2.24) is 10.1 Å².